The second kappa shape index (κ2) is 5.81. The van der Waals surface area contributed by atoms with E-state index in [0.717, 1.165) is 0 Å². The van der Waals surface area contributed by atoms with Crippen molar-refractivity contribution in [3.63, 3.8) is 0 Å². The Morgan fingerprint density at radius 2 is 0.700 bits per heavy atom. The van der Waals surface area contributed by atoms with Gasteiger partial charge in [-0.15, -0.1) is 0 Å². The Balaban J connectivity index is 1.82. The normalized spacial score (nSPS) is 12.0. The highest BCUT2D eigenvalue weighted by atomic mass is 14.2. The first-order valence-corrected chi connectivity index (χ1v) is 10.3. The summed E-state index contributed by atoms with van der Waals surface area (Å²) in [6, 6.07) is 41.6. The predicted molar refractivity (Wildman–Crippen MR) is 129 cm³/mol. The molecule has 0 aliphatic carbocycles. The Bertz CT molecular complexity index is 1410. The minimum absolute atomic E-state index is 1.23. The van der Waals surface area contributed by atoms with Crippen LogP contribution in [0, 0.1) is 12.1 Å². The third kappa shape index (κ3) is 2.16. The van der Waals surface area contributed by atoms with Crippen LogP contribution in [0.3, 0.4) is 0 Å². The van der Waals surface area contributed by atoms with Gasteiger partial charge in [0, 0.05) is 0 Å². The van der Waals surface area contributed by atoms with Crippen molar-refractivity contribution in [1.29, 1.82) is 0 Å². The summed E-state index contributed by atoms with van der Waals surface area (Å²) in [5.41, 5.74) is 0. The second-order valence-corrected chi connectivity index (χ2v) is 8.09. The summed E-state index contributed by atoms with van der Waals surface area (Å²) < 4.78 is 0. The Kier molecular flexibility index (Phi) is 3.09. The Morgan fingerprint density at radius 1 is 0.367 bits per heavy atom. The third-order valence-electron chi connectivity index (χ3n) is 6.40. The maximum absolute atomic E-state index is 3.24. The third-order valence-corrected chi connectivity index (χ3v) is 6.40. The molecule has 0 saturated carbocycles. The van der Waals surface area contributed by atoms with E-state index in [0.29, 0.717) is 0 Å². The molecular formula is C30H16. The summed E-state index contributed by atoms with van der Waals surface area (Å²) >= 11 is 0. The fourth-order valence-electron chi connectivity index (χ4n) is 4.93. The number of fused-ring (bicyclic) bond motifs is 9. The van der Waals surface area contributed by atoms with Gasteiger partial charge in [-0.25, -0.2) is 0 Å². The minimum Gasteiger partial charge on any atom is -0.0616 e. The van der Waals surface area contributed by atoms with E-state index in [2.05, 4.69) is 97.1 Å². The minimum atomic E-state index is 1.23. The molecule has 0 aliphatic rings. The molecule has 0 fully saturated rings. The van der Waals surface area contributed by atoms with Crippen molar-refractivity contribution in [2.24, 2.45) is 0 Å². The Hall–Kier alpha value is -3.90. The average Bonchev–Trinajstić information content (AvgIpc) is 2.81. The van der Waals surface area contributed by atoms with E-state index in [-0.39, 0.29) is 0 Å². The lowest BCUT2D eigenvalue weighted by Crippen LogP contribution is -1.86. The van der Waals surface area contributed by atoms with Gasteiger partial charge in [0.2, 0.25) is 0 Å². The lowest BCUT2D eigenvalue weighted by atomic mass is 9.89. The lowest BCUT2D eigenvalue weighted by molar-refractivity contribution is 1.77. The molecule has 7 rings (SSSR count). The zero-order valence-electron chi connectivity index (χ0n) is 16.2. The molecule has 0 saturated heterocycles. The molecule has 0 heteroatoms. The number of hydrogen-bond donors (Lipinski definition) is 0. The first-order valence-electron chi connectivity index (χ1n) is 10.3. The van der Waals surface area contributed by atoms with E-state index < -0.39 is 0 Å². The van der Waals surface area contributed by atoms with Crippen molar-refractivity contribution in [2.45, 2.75) is 0 Å². The topological polar surface area (TPSA) is 0 Å². The van der Waals surface area contributed by atoms with Gasteiger partial charge < -0.3 is 0 Å². The highest BCUT2D eigenvalue weighted by molar-refractivity contribution is 6.30. The van der Waals surface area contributed by atoms with E-state index in [1.807, 2.05) is 12.1 Å². The molecule has 0 amide bonds. The smallest absolute Gasteiger partial charge is 0.00923 e. The van der Waals surface area contributed by atoms with Gasteiger partial charge >= 0.3 is 0 Å². The van der Waals surface area contributed by atoms with Crippen LogP contribution in [0.4, 0.5) is 0 Å². The van der Waals surface area contributed by atoms with E-state index in [1.165, 1.54) is 64.6 Å². The van der Waals surface area contributed by atoms with Gasteiger partial charge in [0.1, 0.15) is 0 Å². The highest BCUT2D eigenvalue weighted by Crippen LogP contribution is 2.40. The maximum Gasteiger partial charge on any atom is -0.00923 e. The van der Waals surface area contributed by atoms with E-state index >= 15 is 0 Å². The fourth-order valence-corrected chi connectivity index (χ4v) is 4.93. The summed E-state index contributed by atoms with van der Waals surface area (Å²) in [6.07, 6.45) is 0. The van der Waals surface area contributed by atoms with Gasteiger partial charge in [0.25, 0.3) is 0 Å². The van der Waals surface area contributed by atoms with Crippen LogP contribution in [-0.2, 0) is 0 Å². The van der Waals surface area contributed by atoms with Crippen molar-refractivity contribution in [2.75, 3.05) is 0 Å². The molecule has 0 N–H and O–H groups in total. The van der Waals surface area contributed by atoms with Gasteiger partial charge in [-0.1, -0.05) is 48.5 Å². The first-order chi connectivity index (χ1) is 14.8. The van der Waals surface area contributed by atoms with Crippen LogP contribution < -0.4 is 0 Å². The molecule has 7 aromatic rings. The molecule has 136 valence electrons. The number of rotatable bonds is 0. The lowest BCUT2D eigenvalue weighted by Gasteiger charge is -2.14. The van der Waals surface area contributed by atoms with Gasteiger partial charge in [-0.3, -0.25) is 0 Å². The molecule has 0 nitrogen and oxygen atoms in total. The molecule has 0 aliphatic heterocycles. The van der Waals surface area contributed by atoms with Crippen molar-refractivity contribution in [1.82, 2.24) is 0 Å². The van der Waals surface area contributed by atoms with Crippen LogP contribution in [0.2, 0.25) is 0 Å². The molecule has 0 aromatic heterocycles. The van der Waals surface area contributed by atoms with Crippen LogP contribution in [0.25, 0.3) is 64.6 Å². The number of benzene rings is 7. The highest BCUT2D eigenvalue weighted by Gasteiger charge is 2.12. The van der Waals surface area contributed by atoms with Crippen LogP contribution in [0.1, 0.15) is 0 Å². The van der Waals surface area contributed by atoms with Gasteiger partial charge in [0.05, 0.1) is 0 Å². The first kappa shape index (κ1) is 16.0. The monoisotopic (exact) mass is 376 g/mol. The van der Waals surface area contributed by atoms with E-state index in [1.54, 1.807) is 0 Å². The predicted octanol–water partition coefficient (Wildman–Crippen LogP) is 8.21. The second-order valence-electron chi connectivity index (χ2n) is 8.09. The van der Waals surface area contributed by atoms with Crippen molar-refractivity contribution in [3.8, 4) is 0 Å². The SMILES string of the molecule is [c]1ccc2cc3c(cc2c1)c1cc2ccccc2cc1c1cc2c[c]ccc2cc13. The zero-order valence-corrected chi connectivity index (χ0v) is 16.2. The molecule has 30 heavy (non-hydrogen) atoms. The molecule has 0 atom stereocenters. The van der Waals surface area contributed by atoms with Crippen molar-refractivity contribution < 1.29 is 0 Å². The summed E-state index contributed by atoms with van der Waals surface area (Å²) in [6.45, 7) is 0. The molecule has 2 radical (unpaired) electrons. The Morgan fingerprint density at radius 3 is 1.10 bits per heavy atom. The van der Waals surface area contributed by atoms with Crippen molar-refractivity contribution in [3.05, 3.63) is 109 Å². The zero-order chi connectivity index (χ0) is 19.7. The fraction of sp³-hybridized carbons (Fsp3) is 0. The molecule has 0 heterocycles. The van der Waals surface area contributed by atoms with Crippen LogP contribution in [0.15, 0.2) is 97.1 Å². The Labute approximate surface area is 174 Å². The van der Waals surface area contributed by atoms with Gasteiger partial charge in [-0.2, -0.15) is 0 Å². The maximum atomic E-state index is 3.24. The quantitative estimate of drug-likeness (QED) is 0.185. The van der Waals surface area contributed by atoms with Crippen molar-refractivity contribution >= 4 is 64.6 Å². The molecule has 0 bridgehead atoms. The van der Waals surface area contributed by atoms with Crippen LogP contribution >= 0.6 is 0 Å². The summed E-state index contributed by atoms with van der Waals surface area (Å²) in [5, 5.41) is 15.4. The summed E-state index contributed by atoms with van der Waals surface area (Å²) in [4.78, 5) is 0. The molecular weight excluding hydrogens is 360 g/mol. The standard InChI is InChI=1S/C30H16/c1-2-8-20-14-26-25(13-19(20)7-1)27-15-21-9-3-4-11-23(21)17-29(27)30-18-24-12-6-5-10-22(24)16-28(26)30/h1-2,4,6-18H. The molecule has 7 aromatic carbocycles. The van der Waals surface area contributed by atoms with Crippen LogP contribution in [-0.4, -0.2) is 0 Å². The van der Waals surface area contributed by atoms with E-state index in [9.17, 15) is 0 Å². The van der Waals surface area contributed by atoms with E-state index in [4.69, 9.17) is 0 Å². The van der Waals surface area contributed by atoms with Crippen LogP contribution in [0.5, 0.6) is 0 Å². The summed E-state index contributed by atoms with van der Waals surface area (Å²) in [5.74, 6) is 0. The molecule has 0 spiro atoms. The average molecular weight is 376 g/mol. The van der Waals surface area contributed by atoms with Gasteiger partial charge in [-0.05, 0) is 125 Å². The van der Waals surface area contributed by atoms with Gasteiger partial charge in [0.15, 0.2) is 0 Å². The summed E-state index contributed by atoms with van der Waals surface area (Å²) in [7, 11) is 0. The largest absolute Gasteiger partial charge is 0.0616 e. The molecule has 0 unspecified atom stereocenters. The number of hydrogen-bond acceptors (Lipinski definition) is 0.